The van der Waals surface area contributed by atoms with Gasteiger partial charge in [0, 0.05) is 6.07 Å². The fourth-order valence-corrected chi connectivity index (χ4v) is 2.24. The summed E-state index contributed by atoms with van der Waals surface area (Å²) < 4.78 is 0. The standard InChI is InChI=1S/C18H19N3O3/c1-2-3-12-16(14-9-5-4-6-10-14)19-20-18(22)15-11-7-8-13-17(15)21(23)24/h4-11,13H,2-3,12H2,1H3,(H,20,22)/b19-16-. The molecule has 2 rings (SSSR count). The third-order valence-corrected chi connectivity index (χ3v) is 3.51. The lowest BCUT2D eigenvalue weighted by Gasteiger charge is -2.07. The van der Waals surface area contributed by atoms with Crippen molar-refractivity contribution in [2.75, 3.05) is 0 Å². The zero-order chi connectivity index (χ0) is 17.4. The molecule has 0 unspecified atom stereocenters. The molecule has 0 aliphatic carbocycles. The first-order valence-corrected chi connectivity index (χ1v) is 7.79. The van der Waals surface area contributed by atoms with E-state index in [0.717, 1.165) is 30.5 Å². The summed E-state index contributed by atoms with van der Waals surface area (Å²) in [6.45, 7) is 2.08. The van der Waals surface area contributed by atoms with Crippen LogP contribution in [0.25, 0.3) is 0 Å². The fraction of sp³-hybridized carbons (Fsp3) is 0.222. The molecule has 124 valence electrons. The van der Waals surface area contributed by atoms with Gasteiger partial charge in [0.1, 0.15) is 5.56 Å². The number of hydrogen-bond donors (Lipinski definition) is 1. The molecule has 0 fully saturated rings. The second-order valence-electron chi connectivity index (χ2n) is 5.24. The molecule has 0 spiro atoms. The van der Waals surface area contributed by atoms with E-state index >= 15 is 0 Å². The van der Waals surface area contributed by atoms with Gasteiger partial charge in [-0.05, 0) is 24.5 Å². The average Bonchev–Trinajstić information content (AvgIpc) is 2.62. The maximum Gasteiger partial charge on any atom is 0.282 e. The van der Waals surface area contributed by atoms with Crippen LogP contribution in [-0.4, -0.2) is 16.5 Å². The Bertz CT molecular complexity index is 742. The lowest BCUT2D eigenvalue weighted by molar-refractivity contribution is -0.385. The summed E-state index contributed by atoms with van der Waals surface area (Å²) in [5.41, 5.74) is 3.88. The smallest absolute Gasteiger partial charge is 0.267 e. The minimum absolute atomic E-state index is 0.00541. The highest BCUT2D eigenvalue weighted by Crippen LogP contribution is 2.17. The average molecular weight is 325 g/mol. The quantitative estimate of drug-likeness (QED) is 0.475. The number of nitrogens with one attached hydrogen (secondary N) is 1. The summed E-state index contributed by atoms with van der Waals surface area (Å²) >= 11 is 0. The van der Waals surface area contributed by atoms with E-state index in [0.29, 0.717) is 0 Å². The Kier molecular flexibility index (Phi) is 6.19. The van der Waals surface area contributed by atoms with Crippen molar-refractivity contribution in [3.05, 3.63) is 75.8 Å². The van der Waals surface area contributed by atoms with E-state index in [1.165, 1.54) is 18.2 Å². The monoisotopic (exact) mass is 325 g/mol. The highest BCUT2D eigenvalue weighted by atomic mass is 16.6. The Hall–Kier alpha value is -3.02. The van der Waals surface area contributed by atoms with Crippen LogP contribution in [0.4, 0.5) is 5.69 Å². The Labute approximate surface area is 140 Å². The van der Waals surface area contributed by atoms with Gasteiger partial charge in [-0.1, -0.05) is 55.8 Å². The van der Waals surface area contributed by atoms with Crippen molar-refractivity contribution in [1.29, 1.82) is 0 Å². The van der Waals surface area contributed by atoms with E-state index < -0.39 is 10.8 Å². The van der Waals surface area contributed by atoms with E-state index in [1.54, 1.807) is 6.07 Å². The largest absolute Gasteiger partial charge is 0.282 e. The predicted octanol–water partition coefficient (Wildman–Crippen LogP) is 3.92. The molecule has 1 amide bonds. The molecule has 0 atom stereocenters. The molecule has 2 aromatic rings. The number of carbonyl (C=O) groups excluding carboxylic acids is 1. The molecule has 0 saturated carbocycles. The zero-order valence-corrected chi connectivity index (χ0v) is 13.4. The zero-order valence-electron chi connectivity index (χ0n) is 13.4. The summed E-state index contributed by atoms with van der Waals surface area (Å²) in [6, 6.07) is 15.4. The third-order valence-electron chi connectivity index (χ3n) is 3.51. The van der Waals surface area contributed by atoms with Gasteiger partial charge in [0.05, 0.1) is 10.6 Å². The van der Waals surface area contributed by atoms with Crippen LogP contribution in [0.2, 0.25) is 0 Å². The Morgan fingerprint density at radius 3 is 2.46 bits per heavy atom. The van der Waals surface area contributed by atoms with Crippen LogP contribution in [0.3, 0.4) is 0 Å². The number of rotatable bonds is 7. The number of benzene rings is 2. The SMILES string of the molecule is CCCC/C(=N/NC(=O)c1ccccc1[N+](=O)[O-])c1ccccc1. The van der Waals surface area contributed by atoms with Crippen LogP contribution in [0.15, 0.2) is 59.7 Å². The van der Waals surface area contributed by atoms with Crippen LogP contribution in [0.1, 0.15) is 42.1 Å². The van der Waals surface area contributed by atoms with Crippen molar-refractivity contribution in [2.45, 2.75) is 26.2 Å². The first-order chi connectivity index (χ1) is 11.6. The van der Waals surface area contributed by atoms with Crippen molar-refractivity contribution in [3.8, 4) is 0 Å². The molecule has 0 bridgehead atoms. The van der Waals surface area contributed by atoms with Gasteiger partial charge in [-0.3, -0.25) is 14.9 Å². The molecule has 1 N–H and O–H groups in total. The van der Waals surface area contributed by atoms with E-state index in [2.05, 4.69) is 17.5 Å². The molecule has 24 heavy (non-hydrogen) atoms. The number of unbranched alkanes of at least 4 members (excludes halogenated alkanes) is 1. The number of nitro benzene ring substituents is 1. The van der Waals surface area contributed by atoms with Crippen molar-refractivity contribution in [1.82, 2.24) is 5.43 Å². The van der Waals surface area contributed by atoms with Crippen LogP contribution in [-0.2, 0) is 0 Å². The maximum absolute atomic E-state index is 12.3. The first-order valence-electron chi connectivity index (χ1n) is 7.79. The van der Waals surface area contributed by atoms with Gasteiger partial charge in [0.25, 0.3) is 11.6 Å². The lowest BCUT2D eigenvalue weighted by atomic mass is 10.1. The van der Waals surface area contributed by atoms with Crippen molar-refractivity contribution in [2.24, 2.45) is 5.10 Å². The number of nitrogens with zero attached hydrogens (tertiary/aromatic N) is 2. The molecule has 6 heteroatoms. The van der Waals surface area contributed by atoms with Crippen LogP contribution in [0.5, 0.6) is 0 Å². The minimum atomic E-state index is -0.591. The summed E-state index contributed by atoms with van der Waals surface area (Å²) in [4.78, 5) is 22.7. The van der Waals surface area contributed by atoms with Crippen LogP contribution in [0, 0.1) is 10.1 Å². The third kappa shape index (κ3) is 4.49. The van der Waals surface area contributed by atoms with Gasteiger partial charge in [-0.25, -0.2) is 5.43 Å². The van der Waals surface area contributed by atoms with Gasteiger partial charge in [-0.2, -0.15) is 5.10 Å². The summed E-state index contributed by atoms with van der Waals surface area (Å²) in [6.07, 6.45) is 2.66. The highest BCUT2D eigenvalue weighted by molar-refractivity contribution is 6.03. The number of hydrazone groups is 1. The Morgan fingerprint density at radius 2 is 1.79 bits per heavy atom. The first kappa shape index (κ1) is 17.3. The van der Waals surface area contributed by atoms with Crippen molar-refractivity contribution < 1.29 is 9.72 Å². The summed E-state index contributed by atoms with van der Waals surface area (Å²) in [5.74, 6) is -0.591. The molecule has 0 radical (unpaired) electrons. The lowest BCUT2D eigenvalue weighted by Crippen LogP contribution is -2.21. The minimum Gasteiger partial charge on any atom is -0.267 e. The van der Waals surface area contributed by atoms with Gasteiger partial charge in [0.2, 0.25) is 0 Å². The van der Waals surface area contributed by atoms with Gasteiger partial charge in [-0.15, -0.1) is 0 Å². The molecule has 0 aromatic heterocycles. The number of hydrogen-bond acceptors (Lipinski definition) is 4. The molecular formula is C18H19N3O3. The normalized spacial score (nSPS) is 11.1. The van der Waals surface area contributed by atoms with Gasteiger partial charge < -0.3 is 0 Å². The molecule has 2 aromatic carbocycles. The van der Waals surface area contributed by atoms with Crippen molar-refractivity contribution in [3.63, 3.8) is 0 Å². The van der Waals surface area contributed by atoms with Crippen LogP contribution >= 0.6 is 0 Å². The second-order valence-corrected chi connectivity index (χ2v) is 5.24. The topological polar surface area (TPSA) is 84.6 Å². The molecular weight excluding hydrogens is 306 g/mol. The maximum atomic E-state index is 12.3. The molecule has 0 aliphatic rings. The molecule has 0 saturated heterocycles. The molecule has 6 nitrogen and oxygen atoms in total. The Balaban J connectivity index is 2.22. The summed E-state index contributed by atoms with van der Waals surface area (Å²) in [7, 11) is 0. The predicted molar refractivity (Wildman–Crippen MR) is 93.1 cm³/mol. The van der Waals surface area contributed by atoms with E-state index in [1.807, 2.05) is 30.3 Å². The highest BCUT2D eigenvalue weighted by Gasteiger charge is 2.19. The number of nitro groups is 1. The van der Waals surface area contributed by atoms with Gasteiger partial charge >= 0.3 is 0 Å². The molecule has 0 aliphatic heterocycles. The fourth-order valence-electron chi connectivity index (χ4n) is 2.24. The number of carbonyl (C=O) groups is 1. The van der Waals surface area contributed by atoms with E-state index in [-0.39, 0.29) is 11.3 Å². The van der Waals surface area contributed by atoms with Gasteiger partial charge in [0.15, 0.2) is 0 Å². The number of amides is 1. The van der Waals surface area contributed by atoms with Crippen LogP contribution < -0.4 is 5.43 Å². The van der Waals surface area contributed by atoms with E-state index in [4.69, 9.17) is 0 Å². The second kappa shape index (κ2) is 8.57. The van der Waals surface area contributed by atoms with E-state index in [9.17, 15) is 14.9 Å². The number of para-hydroxylation sites is 1. The summed E-state index contributed by atoms with van der Waals surface area (Å²) in [5, 5.41) is 15.2. The van der Waals surface area contributed by atoms with Crippen molar-refractivity contribution >= 4 is 17.3 Å². The Morgan fingerprint density at radius 1 is 1.12 bits per heavy atom. The molecule has 0 heterocycles.